The number of rotatable bonds is 7. The van der Waals surface area contributed by atoms with Crippen LogP contribution in [-0.2, 0) is 4.74 Å². The van der Waals surface area contributed by atoms with Crippen molar-refractivity contribution in [1.82, 2.24) is 0 Å². The summed E-state index contributed by atoms with van der Waals surface area (Å²) in [6, 6.07) is 3.15. The largest absolute Gasteiger partial charge is 0.491 e. The lowest BCUT2D eigenvalue weighted by molar-refractivity contribution is 0.00144. The van der Waals surface area contributed by atoms with Crippen molar-refractivity contribution in [3.63, 3.8) is 0 Å². The molecule has 1 fully saturated rings. The molecule has 1 atom stereocenters. The molecule has 0 radical (unpaired) electrons. The highest BCUT2D eigenvalue weighted by Gasteiger charge is 2.24. The lowest BCUT2D eigenvalue weighted by Crippen LogP contribution is -2.24. The molecule has 27 heavy (non-hydrogen) atoms. The standard InChI is InChI=1S/C23H30F2O2/c1-3-16-7-11-19(12-8-16)27-15-17-5-9-18(10-6-17)20-13-14-21(26-4-2)23(25)22(20)24/h3,9,13-14,16-17,19H,1,4-8,10-12,15H2,2H3. The van der Waals surface area contributed by atoms with Crippen LogP contribution in [0.3, 0.4) is 0 Å². The van der Waals surface area contributed by atoms with E-state index in [0.717, 1.165) is 44.3 Å². The molecule has 0 amide bonds. The maximum atomic E-state index is 14.4. The van der Waals surface area contributed by atoms with Gasteiger partial charge < -0.3 is 9.47 Å². The molecule has 2 aliphatic rings. The van der Waals surface area contributed by atoms with Crippen molar-refractivity contribution in [2.24, 2.45) is 11.8 Å². The topological polar surface area (TPSA) is 18.5 Å². The highest BCUT2D eigenvalue weighted by molar-refractivity contribution is 5.67. The molecule has 0 saturated heterocycles. The third-order valence-electron chi connectivity index (χ3n) is 5.83. The van der Waals surface area contributed by atoms with Crippen molar-refractivity contribution in [3.05, 3.63) is 48.1 Å². The van der Waals surface area contributed by atoms with Gasteiger partial charge in [0.05, 0.1) is 19.3 Å². The first-order valence-electron chi connectivity index (χ1n) is 10.2. The monoisotopic (exact) mass is 376 g/mol. The second kappa shape index (κ2) is 9.50. The van der Waals surface area contributed by atoms with Crippen LogP contribution < -0.4 is 4.74 Å². The van der Waals surface area contributed by atoms with E-state index >= 15 is 0 Å². The molecule has 0 bridgehead atoms. The summed E-state index contributed by atoms with van der Waals surface area (Å²) in [7, 11) is 0. The fraction of sp³-hybridized carbons (Fsp3) is 0.565. The molecule has 1 aromatic rings. The van der Waals surface area contributed by atoms with Gasteiger partial charge in [-0.1, -0.05) is 12.2 Å². The SMILES string of the molecule is C=CC1CCC(OCC2CC=C(c3ccc(OCC)c(F)c3F)CC2)CC1. The molecule has 1 saturated carbocycles. The van der Waals surface area contributed by atoms with Gasteiger partial charge in [-0.2, -0.15) is 4.39 Å². The molecule has 3 rings (SSSR count). The Bertz CT molecular complexity index is 675. The number of benzene rings is 1. The number of allylic oxidation sites excluding steroid dienone is 3. The predicted octanol–water partition coefficient (Wildman–Crippen LogP) is 6.31. The van der Waals surface area contributed by atoms with E-state index < -0.39 is 11.6 Å². The second-order valence-electron chi connectivity index (χ2n) is 7.65. The maximum absolute atomic E-state index is 14.4. The highest BCUT2D eigenvalue weighted by Crippen LogP contribution is 2.35. The van der Waals surface area contributed by atoms with Gasteiger partial charge in [0, 0.05) is 5.56 Å². The van der Waals surface area contributed by atoms with E-state index in [2.05, 4.69) is 12.7 Å². The Hall–Kier alpha value is -1.68. The zero-order valence-electron chi connectivity index (χ0n) is 16.2. The Morgan fingerprint density at radius 1 is 1.11 bits per heavy atom. The molecule has 0 aliphatic heterocycles. The van der Waals surface area contributed by atoms with Gasteiger partial charge in [-0.15, -0.1) is 6.58 Å². The van der Waals surface area contributed by atoms with Crippen LogP contribution in [-0.4, -0.2) is 19.3 Å². The van der Waals surface area contributed by atoms with E-state index in [1.165, 1.54) is 18.9 Å². The van der Waals surface area contributed by atoms with Crippen molar-refractivity contribution in [2.75, 3.05) is 13.2 Å². The van der Waals surface area contributed by atoms with Crippen molar-refractivity contribution in [2.45, 2.75) is 58.0 Å². The summed E-state index contributed by atoms with van der Waals surface area (Å²) in [6.07, 6.45) is 11.6. The van der Waals surface area contributed by atoms with Gasteiger partial charge in [-0.3, -0.25) is 0 Å². The molecule has 0 N–H and O–H groups in total. The Labute approximate surface area is 161 Å². The average Bonchev–Trinajstić information content (AvgIpc) is 2.71. The minimum Gasteiger partial charge on any atom is -0.491 e. The third-order valence-corrected chi connectivity index (χ3v) is 5.83. The Morgan fingerprint density at radius 3 is 2.52 bits per heavy atom. The fourth-order valence-electron chi connectivity index (χ4n) is 4.09. The molecule has 2 aliphatic carbocycles. The summed E-state index contributed by atoms with van der Waals surface area (Å²) in [5.41, 5.74) is 1.25. The van der Waals surface area contributed by atoms with E-state index in [-0.39, 0.29) is 5.75 Å². The summed E-state index contributed by atoms with van der Waals surface area (Å²) >= 11 is 0. The van der Waals surface area contributed by atoms with Gasteiger partial charge in [0.15, 0.2) is 11.6 Å². The normalized spacial score (nSPS) is 25.7. The number of hydrogen-bond donors (Lipinski definition) is 0. The molecular formula is C23H30F2O2. The maximum Gasteiger partial charge on any atom is 0.201 e. The van der Waals surface area contributed by atoms with Crippen molar-refractivity contribution < 1.29 is 18.3 Å². The van der Waals surface area contributed by atoms with Gasteiger partial charge in [0.25, 0.3) is 0 Å². The molecular weight excluding hydrogens is 346 g/mol. The van der Waals surface area contributed by atoms with Crippen molar-refractivity contribution in [1.29, 1.82) is 0 Å². The van der Waals surface area contributed by atoms with E-state index in [4.69, 9.17) is 9.47 Å². The van der Waals surface area contributed by atoms with Gasteiger partial charge >= 0.3 is 0 Å². The average molecular weight is 376 g/mol. The number of ether oxygens (including phenoxy) is 2. The minimum atomic E-state index is -0.893. The van der Waals surface area contributed by atoms with Gasteiger partial charge in [0.1, 0.15) is 0 Å². The molecule has 148 valence electrons. The summed E-state index contributed by atoms with van der Waals surface area (Å²) in [5, 5.41) is 0. The van der Waals surface area contributed by atoms with E-state index in [1.54, 1.807) is 13.0 Å². The highest BCUT2D eigenvalue weighted by atomic mass is 19.2. The lowest BCUT2D eigenvalue weighted by Gasteiger charge is -2.29. The Morgan fingerprint density at radius 2 is 1.89 bits per heavy atom. The van der Waals surface area contributed by atoms with Gasteiger partial charge in [-0.25, -0.2) is 4.39 Å². The minimum absolute atomic E-state index is 0.0207. The molecule has 0 aromatic heterocycles. The van der Waals surface area contributed by atoms with Crippen LogP contribution in [0.1, 0.15) is 57.4 Å². The van der Waals surface area contributed by atoms with E-state index in [1.807, 2.05) is 6.08 Å². The van der Waals surface area contributed by atoms with Gasteiger partial charge in [-0.05, 0) is 81.4 Å². The summed E-state index contributed by atoms with van der Waals surface area (Å²) < 4.78 is 39.7. The molecule has 0 spiro atoms. The summed E-state index contributed by atoms with van der Waals surface area (Å²) in [6.45, 7) is 6.71. The first-order chi connectivity index (χ1) is 13.1. The molecule has 4 heteroatoms. The second-order valence-corrected chi connectivity index (χ2v) is 7.65. The molecule has 1 aromatic carbocycles. The summed E-state index contributed by atoms with van der Waals surface area (Å²) in [5.74, 6) is -0.611. The lowest BCUT2D eigenvalue weighted by atomic mass is 9.86. The van der Waals surface area contributed by atoms with Crippen molar-refractivity contribution >= 4 is 5.57 Å². The first kappa shape index (κ1) is 20.1. The fourth-order valence-corrected chi connectivity index (χ4v) is 4.09. The van der Waals surface area contributed by atoms with E-state index in [0.29, 0.717) is 30.1 Å². The van der Waals surface area contributed by atoms with Crippen LogP contribution in [0.2, 0.25) is 0 Å². The van der Waals surface area contributed by atoms with Crippen LogP contribution >= 0.6 is 0 Å². The smallest absolute Gasteiger partial charge is 0.201 e. The zero-order chi connectivity index (χ0) is 19.2. The Balaban J connectivity index is 1.53. The first-order valence-corrected chi connectivity index (χ1v) is 10.2. The van der Waals surface area contributed by atoms with Crippen LogP contribution in [0.15, 0.2) is 30.9 Å². The Kier molecular flexibility index (Phi) is 7.06. The van der Waals surface area contributed by atoms with Crippen LogP contribution in [0.5, 0.6) is 5.75 Å². The predicted molar refractivity (Wildman–Crippen MR) is 105 cm³/mol. The number of hydrogen-bond acceptors (Lipinski definition) is 2. The molecule has 0 heterocycles. The third kappa shape index (κ3) is 4.98. The van der Waals surface area contributed by atoms with Gasteiger partial charge in [0.2, 0.25) is 5.82 Å². The van der Waals surface area contributed by atoms with E-state index in [9.17, 15) is 8.78 Å². The van der Waals surface area contributed by atoms with Crippen molar-refractivity contribution in [3.8, 4) is 5.75 Å². The van der Waals surface area contributed by atoms with Crippen LogP contribution in [0, 0.1) is 23.5 Å². The number of halogens is 2. The van der Waals surface area contributed by atoms with Crippen LogP contribution in [0.4, 0.5) is 8.78 Å². The van der Waals surface area contributed by atoms with Crippen LogP contribution in [0.25, 0.3) is 5.57 Å². The zero-order valence-corrected chi connectivity index (χ0v) is 16.2. The molecule has 2 nitrogen and oxygen atoms in total. The summed E-state index contributed by atoms with van der Waals surface area (Å²) in [4.78, 5) is 0. The quantitative estimate of drug-likeness (QED) is 0.519. The molecule has 1 unspecified atom stereocenters.